The standard InChI is InChI=1S/C18H18N4OS/c1-22-13-19-21-18(22)24-12-16(23)20-17(14-8-4-2-5-9-14)15-10-6-3-7-11-15/h2-11,13,17H,12H2,1H3,(H,20,23). The molecule has 122 valence electrons. The van der Waals surface area contributed by atoms with Gasteiger partial charge in [0, 0.05) is 7.05 Å². The number of hydrogen-bond donors (Lipinski definition) is 1. The van der Waals surface area contributed by atoms with Crippen molar-refractivity contribution < 1.29 is 4.79 Å². The van der Waals surface area contributed by atoms with Gasteiger partial charge >= 0.3 is 0 Å². The third kappa shape index (κ3) is 4.02. The zero-order valence-corrected chi connectivity index (χ0v) is 14.1. The van der Waals surface area contributed by atoms with E-state index in [1.54, 1.807) is 10.9 Å². The highest BCUT2D eigenvalue weighted by Crippen LogP contribution is 2.22. The van der Waals surface area contributed by atoms with Crippen LogP contribution in [-0.2, 0) is 11.8 Å². The first-order valence-electron chi connectivity index (χ1n) is 7.60. The SMILES string of the molecule is Cn1cnnc1SCC(=O)NC(c1ccccc1)c1ccccc1. The quantitative estimate of drug-likeness (QED) is 0.702. The van der Waals surface area contributed by atoms with Crippen molar-refractivity contribution in [1.82, 2.24) is 20.1 Å². The summed E-state index contributed by atoms with van der Waals surface area (Å²) in [5, 5.41) is 11.6. The minimum absolute atomic E-state index is 0.0410. The van der Waals surface area contributed by atoms with Crippen molar-refractivity contribution in [1.29, 1.82) is 0 Å². The molecule has 1 amide bonds. The molecule has 1 heterocycles. The molecule has 0 saturated heterocycles. The monoisotopic (exact) mass is 338 g/mol. The Hall–Kier alpha value is -2.60. The van der Waals surface area contributed by atoms with Crippen LogP contribution >= 0.6 is 11.8 Å². The number of aryl methyl sites for hydroxylation is 1. The van der Waals surface area contributed by atoms with Gasteiger partial charge in [-0.2, -0.15) is 0 Å². The molecule has 0 spiro atoms. The Morgan fingerprint density at radius 2 is 1.67 bits per heavy atom. The maximum atomic E-state index is 12.4. The normalized spacial score (nSPS) is 10.8. The van der Waals surface area contributed by atoms with E-state index in [0.717, 1.165) is 16.3 Å². The molecule has 0 bridgehead atoms. The molecule has 0 unspecified atom stereocenters. The van der Waals surface area contributed by atoms with Gasteiger partial charge in [-0.15, -0.1) is 10.2 Å². The molecule has 2 aromatic carbocycles. The number of amides is 1. The Labute approximate surface area is 145 Å². The maximum Gasteiger partial charge on any atom is 0.231 e. The lowest BCUT2D eigenvalue weighted by Gasteiger charge is -2.19. The van der Waals surface area contributed by atoms with Crippen LogP contribution in [0.3, 0.4) is 0 Å². The lowest BCUT2D eigenvalue weighted by Crippen LogP contribution is -2.30. The van der Waals surface area contributed by atoms with Crippen LogP contribution in [0.1, 0.15) is 17.2 Å². The number of hydrogen-bond acceptors (Lipinski definition) is 4. The van der Waals surface area contributed by atoms with E-state index >= 15 is 0 Å². The Balaban J connectivity index is 1.72. The predicted molar refractivity (Wildman–Crippen MR) is 94.6 cm³/mol. The van der Waals surface area contributed by atoms with E-state index in [1.165, 1.54) is 11.8 Å². The van der Waals surface area contributed by atoms with Gasteiger partial charge in [-0.1, -0.05) is 72.4 Å². The smallest absolute Gasteiger partial charge is 0.231 e. The first-order valence-corrected chi connectivity index (χ1v) is 8.58. The molecule has 0 radical (unpaired) electrons. The first kappa shape index (κ1) is 16.3. The number of benzene rings is 2. The summed E-state index contributed by atoms with van der Waals surface area (Å²) >= 11 is 1.37. The number of carbonyl (C=O) groups is 1. The summed E-state index contributed by atoms with van der Waals surface area (Å²) in [6, 6.07) is 19.8. The van der Waals surface area contributed by atoms with E-state index in [4.69, 9.17) is 0 Å². The van der Waals surface area contributed by atoms with Gasteiger partial charge in [0.25, 0.3) is 0 Å². The molecule has 0 aliphatic carbocycles. The van der Waals surface area contributed by atoms with Crippen LogP contribution in [0.4, 0.5) is 0 Å². The second-order valence-corrected chi connectivity index (χ2v) is 6.28. The van der Waals surface area contributed by atoms with Gasteiger partial charge in [0.15, 0.2) is 5.16 Å². The highest BCUT2D eigenvalue weighted by Gasteiger charge is 2.17. The first-order chi connectivity index (χ1) is 11.7. The predicted octanol–water partition coefficient (Wildman–Crippen LogP) is 2.81. The maximum absolute atomic E-state index is 12.4. The van der Waals surface area contributed by atoms with E-state index in [0.29, 0.717) is 5.75 Å². The molecule has 0 atom stereocenters. The molecule has 3 rings (SSSR count). The van der Waals surface area contributed by atoms with Gasteiger partial charge in [0.2, 0.25) is 5.91 Å². The van der Waals surface area contributed by atoms with E-state index in [1.807, 2.05) is 67.7 Å². The van der Waals surface area contributed by atoms with Gasteiger partial charge in [-0.05, 0) is 11.1 Å². The molecule has 0 fully saturated rings. The lowest BCUT2D eigenvalue weighted by molar-refractivity contribution is -0.119. The van der Waals surface area contributed by atoms with Gasteiger partial charge in [-0.25, -0.2) is 0 Å². The molecular weight excluding hydrogens is 320 g/mol. The van der Waals surface area contributed by atoms with Crippen molar-refractivity contribution in [2.45, 2.75) is 11.2 Å². The van der Waals surface area contributed by atoms with Crippen LogP contribution < -0.4 is 5.32 Å². The molecule has 24 heavy (non-hydrogen) atoms. The van der Waals surface area contributed by atoms with Crippen molar-refractivity contribution in [3.63, 3.8) is 0 Å². The number of carbonyl (C=O) groups excluding carboxylic acids is 1. The average molecular weight is 338 g/mol. The highest BCUT2D eigenvalue weighted by molar-refractivity contribution is 7.99. The topological polar surface area (TPSA) is 59.8 Å². The van der Waals surface area contributed by atoms with Crippen LogP contribution in [0.15, 0.2) is 72.1 Å². The van der Waals surface area contributed by atoms with E-state index < -0.39 is 0 Å². The van der Waals surface area contributed by atoms with Gasteiger partial charge in [0.05, 0.1) is 11.8 Å². The highest BCUT2D eigenvalue weighted by atomic mass is 32.2. The van der Waals surface area contributed by atoms with Crippen LogP contribution in [0.5, 0.6) is 0 Å². The third-order valence-electron chi connectivity index (χ3n) is 3.57. The van der Waals surface area contributed by atoms with Crippen molar-refractivity contribution in [3.05, 3.63) is 78.1 Å². The molecule has 6 heteroatoms. The zero-order valence-electron chi connectivity index (χ0n) is 13.3. The molecule has 1 N–H and O–H groups in total. The lowest BCUT2D eigenvalue weighted by atomic mass is 9.99. The molecule has 0 aliphatic rings. The van der Waals surface area contributed by atoms with Crippen molar-refractivity contribution >= 4 is 17.7 Å². The minimum atomic E-state index is -0.167. The Morgan fingerprint density at radius 1 is 1.08 bits per heavy atom. The fourth-order valence-electron chi connectivity index (χ4n) is 2.39. The molecular formula is C18H18N4OS. The summed E-state index contributed by atoms with van der Waals surface area (Å²) in [5.74, 6) is 0.253. The Bertz CT molecular complexity index is 750. The van der Waals surface area contributed by atoms with Crippen LogP contribution in [-0.4, -0.2) is 26.4 Å². The van der Waals surface area contributed by atoms with Crippen molar-refractivity contribution in [2.75, 3.05) is 5.75 Å². The summed E-state index contributed by atoms with van der Waals surface area (Å²) in [6.45, 7) is 0. The van der Waals surface area contributed by atoms with Crippen molar-refractivity contribution in [3.8, 4) is 0 Å². The Kier molecular flexibility index (Phi) is 5.28. The summed E-state index contributed by atoms with van der Waals surface area (Å²) in [5.41, 5.74) is 2.11. The Morgan fingerprint density at radius 3 is 2.17 bits per heavy atom. The van der Waals surface area contributed by atoms with E-state index in [-0.39, 0.29) is 11.9 Å². The van der Waals surface area contributed by atoms with Gasteiger partial charge in [0.1, 0.15) is 6.33 Å². The molecule has 5 nitrogen and oxygen atoms in total. The molecule has 0 saturated carbocycles. The molecule has 1 aromatic heterocycles. The summed E-state index contributed by atoms with van der Waals surface area (Å²) in [6.07, 6.45) is 1.62. The fraction of sp³-hybridized carbons (Fsp3) is 0.167. The second kappa shape index (κ2) is 7.79. The number of nitrogens with zero attached hydrogens (tertiary/aromatic N) is 3. The fourth-order valence-corrected chi connectivity index (χ4v) is 3.09. The van der Waals surface area contributed by atoms with Crippen LogP contribution in [0.25, 0.3) is 0 Å². The molecule has 3 aromatic rings. The second-order valence-electron chi connectivity index (χ2n) is 5.33. The zero-order chi connectivity index (χ0) is 16.8. The number of rotatable bonds is 6. The number of nitrogens with one attached hydrogen (secondary N) is 1. The van der Waals surface area contributed by atoms with E-state index in [9.17, 15) is 4.79 Å². The number of aromatic nitrogens is 3. The van der Waals surface area contributed by atoms with Crippen LogP contribution in [0.2, 0.25) is 0 Å². The summed E-state index contributed by atoms with van der Waals surface area (Å²) < 4.78 is 1.80. The summed E-state index contributed by atoms with van der Waals surface area (Å²) in [7, 11) is 1.86. The largest absolute Gasteiger partial charge is 0.344 e. The van der Waals surface area contributed by atoms with E-state index in [2.05, 4.69) is 15.5 Å². The van der Waals surface area contributed by atoms with Crippen molar-refractivity contribution in [2.24, 2.45) is 7.05 Å². The summed E-state index contributed by atoms with van der Waals surface area (Å²) in [4.78, 5) is 12.4. The van der Waals surface area contributed by atoms with Crippen LogP contribution in [0, 0.1) is 0 Å². The van der Waals surface area contributed by atoms with Gasteiger partial charge in [-0.3, -0.25) is 4.79 Å². The minimum Gasteiger partial charge on any atom is -0.344 e. The third-order valence-corrected chi connectivity index (χ3v) is 4.61. The average Bonchev–Trinajstić information content (AvgIpc) is 3.04. The molecule has 0 aliphatic heterocycles. The number of thioether (sulfide) groups is 1. The van der Waals surface area contributed by atoms with Gasteiger partial charge < -0.3 is 9.88 Å².